The molecular formula is C41H56N2O9. The monoisotopic (exact) mass is 720 g/mol. The first kappa shape index (κ1) is 39.3. The molecule has 2 amide bonds. The molecule has 7 atom stereocenters. The lowest BCUT2D eigenvalue weighted by atomic mass is 9.46. The molecule has 52 heavy (non-hydrogen) atoms. The van der Waals surface area contributed by atoms with Gasteiger partial charge in [-0.15, -0.1) is 0 Å². The zero-order chi connectivity index (χ0) is 37.5. The third kappa shape index (κ3) is 8.67. The zero-order valence-corrected chi connectivity index (χ0v) is 30.8. The van der Waals surface area contributed by atoms with E-state index in [1.165, 1.54) is 5.57 Å². The van der Waals surface area contributed by atoms with E-state index in [-0.39, 0.29) is 60.7 Å². The van der Waals surface area contributed by atoms with Gasteiger partial charge >= 0.3 is 11.9 Å². The molecule has 5 rings (SSSR count). The minimum atomic E-state index is -1.56. The minimum absolute atomic E-state index is 0.00315. The van der Waals surface area contributed by atoms with Crippen molar-refractivity contribution in [3.05, 3.63) is 47.5 Å². The molecule has 11 nitrogen and oxygen atoms in total. The van der Waals surface area contributed by atoms with Crippen molar-refractivity contribution in [2.24, 2.45) is 28.6 Å². The molecule has 1 aromatic carbocycles. The highest BCUT2D eigenvalue weighted by Gasteiger charge is 2.66. The predicted molar refractivity (Wildman–Crippen MR) is 193 cm³/mol. The van der Waals surface area contributed by atoms with Gasteiger partial charge in [-0.25, -0.2) is 0 Å². The van der Waals surface area contributed by atoms with Crippen LogP contribution in [0.4, 0.5) is 0 Å². The smallest absolute Gasteiger partial charge is 0.306 e. The van der Waals surface area contributed by atoms with Crippen molar-refractivity contribution >= 4 is 35.3 Å². The zero-order valence-electron chi connectivity index (χ0n) is 30.8. The lowest BCUT2D eigenvalue weighted by molar-refractivity contribution is -0.170. The standard InChI is InChI=1S/C41H56N2O9/c1-39-19-16-30(44)24-29(39)12-13-31-32(39)17-20-40(2)33(31)18-21-41(40,51)34(45)26-52-38(50)15-14-36(47)42-22-8-4-7-11-35(46)43-25-28(23-37(48)49)27-9-5-3-6-10-27/h3,5-6,9-10,24,28,31-33,51H,4,7-8,11-23,25-26H2,1-2H3,(H,42,47)(H,43,46)(H,48,49)/t28-,31+,32-,33-,39+,40-,41+/m1/s1. The number of amides is 2. The quantitative estimate of drug-likeness (QED) is 0.125. The molecule has 11 heteroatoms. The Morgan fingerprint density at radius 2 is 1.60 bits per heavy atom. The third-order valence-electron chi connectivity index (χ3n) is 13.1. The lowest BCUT2D eigenvalue weighted by Gasteiger charge is -2.58. The van der Waals surface area contributed by atoms with Gasteiger partial charge in [-0.1, -0.05) is 56.2 Å². The number of carbonyl (C=O) groups is 6. The Hall–Kier alpha value is -3.86. The molecule has 3 saturated carbocycles. The van der Waals surface area contributed by atoms with Crippen LogP contribution in [0.1, 0.15) is 122 Å². The number of unbranched alkanes of at least 4 members (excludes halogenated alkanes) is 2. The topological polar surface area (TPSA) is 176 Å². The van der Waals surface area contributed by atoms with E-state index in [1.807, 2.05) is 43.3 Å². The van der Waals surface area contributed by atoms with Crippen LogP contribution in [0, 0.1) is 28.6 Å². The number of aliphatic carboxylic acids is 1. The molecule has 0 saturated heterocycles. The molecule has 0 aromatic heterocycles. The lowest BCUT2D eigenvalue weighted by Crippen LogP contribution is -2.58. The molecule has 4 aliphatic carbocycles. The molecule has 0 unspecified atom stereocenters. The van der Waals surface area contributed by atoms with Gasteiger partial charge in [0.15, 0.2) is 12.4 Å². The number of ketones is 2. The average Bonchev–Trinajstić information content (AvgIpc) is 3.41. The highest BCUT2D eigenvalue weighted by Crippen LogP contribution is 2.67. The van der Waals surface area contributed by atoms with Gasteiger partial charge in [-0.3, -0.25) is 28.8 Å². The van der Waals surface area contributed by atoms with Crippen molar-refractivity contribution in [3.63, 3.8) is 0 Å². The second-order valence-electron chi connectivity index (χ2n) is 16.1. The summed E-state index contributed by atoms with van der Waals surface area (Å²) in [6, 6.07) is 9.24. The first-order valence-electron chi connectivity index (χ1n) is 19.2. The summed E-state index contributed by atoms with van der Waals surface area (Å²) in [7, 11) is 0. The van der Waals surface area contributed by atoms with E-state index in [9.17, 15) is 39.0 Å². The normalized spacial score (nSPS) is 29.8. The maximum Gasteiger partial charge on any atom is 0.306 e. The second kappa shape index (κ2) is 16.9. The fraction of sp³-hybridized carbons (Fsp3) is 0.659. The van der Waals surface area contributed by atoms with Crippen LogP contribution in [0.15, 0.2) is 42.0 Å². The summed E-state index contributed by atoms with van der Waals surface area (Å²) in [5.74, 6) is -1.60. The first-order chi connectivity index (χ1) is 24.8. The van der Waals surface area contributed by atoms with Gasteiger partial charge in [0.25, 0.3) is 0 Å². The van der Waals surface area contributed by atoms with Gasteiger partial charge in [-0.2, -0.15) is 0 Å². The average molecular weight is 721 g/mol. The highest BCUT2D eigenvalue weighted by molar-refractivity contribution is 5.92. The van der Waals surface area contributed by atoms with Crippen LogP contribution < -0.4 is 10.6 Å². The first-order valence-corrected chi connectivity index (χ1v) is 19.2. The summed E-state index contributed by atoms with van der Waals surface area (Å²) in [5.41, 5.74) is -0.0198. The molecule has 0 aliphatic heterocycles. The molecule has 0 bridgehead atoms. The Morgan fingerprint density at radius 1 is 0.865 bits per heavy atom. The fourth-order valence-electron chi connectivity index (χ4n) is 10.1. The van der Waals surface area contributed by atoms with Crippen molar-refractivity contribution in [2.75, 3.05) is 19.7 Å². The molecule has 1 aromatic rings. The Kier molecular flexibility index (Phi) is 12.8. The van der Waals surface area contributed by atoms with Crippen molar-refractivity contribution in [1.29, 1.82) is 0 Å². The maximum absolute atomic E-state index is 13.5. The van der Waals surface area contributed by atoms with E-state index in [0.29, 0.717) is 63.3 Å². The summed E-state index contributed by atoms with van der Waals surface area (Å²) < 4.78 is 5.28. The second-order valence-corrected chi connectivity index (χ2v) is 16.1. The Morgan fingerprint density at radius 3 is 2.35 bits per heavy atom. The summed E-state index contributed by atoms with van der Waals surface area (Å²) in [4.78, 5) is 74.0. The molecule has 284 valence electrons. The van der Waals surface area contributed by atoms with Gasteiger partial charge in [0.1, 0.15) is 5.60 Å². The van der Waals surface area contributed by atoms with Crippen molar-refractivity contribution in [3.8, 4) is 0 Å². The number of fused-ring (bicyclic) bond motifs is 5. The molecular weight excluding hydrogens is 664 g/mol. The van der Waals surface area contributed by atoms with Crippen molar-refractivity contribution in [2.45, 2.75) is 122 Å². The van der Waals surface area contributed by atoms with Gasteiger partial charge in [0.2, 0.25) is 17.6 Å². The van der Waals surface area contributed by atoms with Gasteiger partial charge < -0.3 is 25.6 Å². The van der Waals surface area contributed by atoms with Gasteiger partial charge in [0.05, 0.1) is 12.8 Å². The van der Waals surface area contributed by atoms with Crippen LogP contribution >= 0.6 is 0 Å². The number of hydrogen-bond donors (Lipinski definition) is 4. The van der Waals surface area contributed by atoms with E-state index in [2.05, 4.69) is 17.6 Å². The Balaban J connectivity index is 0.959. The molecule has 4 N–H and O–H groups in total. The van der Waals surface area contributed by atoms with Crippen LogP contribution in [0.2, 0.25) is 0 Å². The van der Waals surface area contributed by atoms with E-state index in [4.69, 9.17) is 4.74 Å². The number of carboxylic acids is 1. The van der Waals surface area contributed by atoms with Gasteiger partial charge in [-0.05, 0) is 92.6 Å². The summed E-state index contributed by atoms with van der Waals surface area (Å²) in [6.45, 7) is 4.46. The molecule has 0 spiro atoms. The number of allylic oxidation sites excluding steroid dienone is 1. The van der Waals surface area contributed by atoms with Crippen LogP contribution in [-0.4, -0.2) is 70.8 Å². The SMILES string of the molecule is C[C@]12CCC(=O)C=C1CC[C@H]1[C@H]2CC[C@]2(C)[C@@H]1CC[C@]2(O)C(=O)COC(=O)CCC(=O)NCCCCCC(=O)NC[C@@H](CC(=O)O)c1ccccc1. The van der Waals surface area contributed by atoms with Crippen LogP contribution in [0.25, 0.3) is 0 Å². The van der Waals surface area contributed by atoms with Crippen LogP contribution in [0.3, 0.4) is 0 Å². The minimum Gasteiger partial charge on any atom is -0.481 e. The summed E-state index contributed by atoms with van der Waals surface area (Å²) in [5, 5.41) is 26.7. The number of nitrogens with one attached hydrogen (secondary N) is 2. The number of aliphatic hydroxyl groups is 1. The van der Waals surface area contributed by atoms with Crippen LogP contribution in [-0.2, 0) is 33.5 Å². The number of benzene rings is 1. The van der Waals surface area contributed by atoms with E-state index in [1.54, 1.807) is 0 Å². The predicted octanol–water partition coefficient (Wildman–Crippen LogP) is 5.19. The number of Topliss-reactive ketones (excluding diaryl/α,β-unsaturated/α-hetero) is 1. The number of rotatable bonds is 17. The summed E-state index contributed by atoms with van der Waals surface area (Å²) >= 11 is 0. The number of carboxylic acid groups (broad SMARTS) is 1. The van der Waals surface area contributed by atoms with Crippen LogP contribution in [0.5, 0.6) is 0 Å². The molecule has 0 heterocycles. The molecule has 3 fully saturated rings. The Labute approximate surface area is 306 Å². The van der Waals surface area contributed by atoms with Gasteiger partial charge in [0, 0.05) is 43.7 Å². The molecule has 4 aliphatic rings. The van der Waals surface area contributed by atoms with Crippen molar-refractivity contribution < 1.29 is 43.7 Å². The third-order valence-corrected chi connectivity index (χ3v) is 13.1. The Bertz CT molecular complexity index is 1540. The van der Waals surface area contributed by atoms with Crippen molar-refractivity contribution in [1.82, 2.24) is 10.6 Å². The van der Waals surface area contributed by atoms with E-state index in [0.717, 1.165) is 37.7 Å². The molecule has 0 radical (unpaired) electrons. The van der Waals surface area contributed by atoms with E-state index >= 15 is 0 Å². The number of carbonyl (C=O) groups excluding carboxylic acids is 5. The maximum atomic E-state index is 13.5. The summed E-state index contributed by atoms with van der Waals surface area (Å²) in [6.07, 6.45) is 9.83. The largest absolute Gasteiger partial charge is 0.481 e. The fourth-order valence-corrected chi connectivity index (χ4v) is 10.1. The van der Waals surface area contributed by atoms with E-state index < -0.39 is 35.3 Å². The number of hydrogen-bond acceptors (Lipinski definition) is 8. The number of ether oxygens (including phenoxy) is 1. The highest BCUT2D eigenvalue weighted by atomic mass is 16.5. The number of esters is 1.